The van der Waals surface area contributed by atoms with E-state index in [2.05, 4.69) is 15.1 Å². The van der Waals surface area contributed by atoms with Crippen molar-refractivity contribution in [3.8, 4) is 5.75 Å². The third-order valence-electron chi connectivity index (χ3n) is 6.77. The molecule has 3 aromatic carbocycles. The van der Waals surface area contributed by atoms with Gasteiger partial charge in [0.15, 0.2) is 5.78 Å². The highest BCUT2D eigenvalue weighted by molar-refractivity contribution is 6.30. The largest absolute Gasteiger partial charge is 0.494 e. The van der Waals surface area contributed by atoms with Gasteiger partial charge in [0, 0.05) is 48.9 Å². The van der Waals surface area contributed by atoms with Crippen LogP contribution in [0.25, 0.3) is 0 Å². The minimum atomic E-state index is -0.0274. The summed E-state index contributed by atoms with van der Waals surface area (Å²) in [5.74, 6) is 0.840. The monoisotopic (exact) mass is 533 g/mol. The Morgan fingerprint density at radius 2 is 1.39 bits per heavy atom. The van der Waals surface area contributed by atoms with Gasteiger partial charge in [0.05, 0.1) is 13.2 Å². The second kappa shape index (κ2) is 14.7. The van der Waals surface area contributed by atoms with E-state index in [0.29, 0.717) is 35.8 Å². The van der Waals surface area contributed by atoms with Crippen LogP contribution in [0.5, 0.6) is 5.75 Å². The van der Waals surface area contributed by atoms with E-state index in [4.69, 9.17) is 16.3 Å². The van der Waals surface area contributed by atoms with E-state index in [-0.39, 0.29) is 11.7 Å². The van der Waals surface area contributed by atoms with Gasteiger partial charge < -0.3 is 15.0 Å². The highest BCUT2D eigenvalue weighted by Crippen LogP contribution is 2.17. The van der Waals surface area contributed by atoms with Crippen molar-refractivity contribution in [1.29, 1.82) is 0 Å². The normalized spacial score (nSPS) is 14.2. The standard InChI is InChI=1S/C31H36ClN3O3/c32-28-13-9-26(10-14-28)31(37)27-11-15-29(16-12-27)38-22-6-2-5-17-34-18-20-35(21-19-34)24-30(36)33-23-25-7-3-1-4-8-25/h1,3-4,7-16H,2,5-6,17-24H2,(H,33,36). The molecule has 0 aliphatic carbocycles. The summed E-state index contributed by atoms with van der Waals surface area (Å²) in [5.41, 5.74) is 2.37. The molecule has 0 aromatic heterocycles. The number of carbonyl (C=O) groups excluding carboxylic acids is 2. The quantitative estimate of drug-likeness (QED) is 0.246. The number of hydrogen-bond acceptors (Lipinski definition) is 5. The van der Waals surface area contributed by atoms with Gasteiger partial charge in [0.2, 0.25) is 5.91 Å². The lowest BCUT2D eigenvalue weighted by Gasteiger charge is -2.34. The summed E-state index contributed by atoms with van der Waals surface area (Å²) in [5, 5.41) is 3.63. The zero-order valence-electron chi connectivity index (χ0n) is 21.8. The number of carbonyl (C=O) groups is 2. The van der Waals surface area contributed by atoms with Crippen molar-refractivity contribution in [2.75, 3.05) is 45.9 Å². The highest BCUT2D eigenvalue weighted by Gasteiger charge is 2.18. The molecule has 1 heterocycles. The number of ether oxygens (including phenoxy) is 1. The Morgan fingerprint density at radius 1 is 0.763 bits per heavy atom. The van der Waals surface area contributed by atoms with Crippen molar-refractivity contribution >= 4 is 23.3 Å². The van der Waals surface area contributed by atoms with Gasteiger partial charge >= 0.3 is 0 Å². The summed E-state index contributed by atoms with van der Waals surface area (Å²) in [7, 11) is 0. The molecule has 7 heteroatoms. The number of amides is 1. The van der Waals surface area contributed by atoms with Gasteiger partial charge in [0.25, 0.3) is 0 Å². The molecular formula is C31H36ClN3O3. The number of benzene rings is 3. The zero-order valence-corrected chi connectivity index (χ0v) is 22.5. The van der Waals surface area contributed by atoms with Crippen LogP contribution in [0.15, 0.2) is 78.9 Å². The number of unbranched alkanes of at least 4 members (excludes halogenated alkanes) is 2. The SMILES string of the molecule is O=C(CN1CCN(CCCCCOc2ccc(C(=O)c3ccc(Cl)cc3)cc2)CC1)NCc1ccccc1. The van der Waals surface area contributed by atoms with Crippen LogP contribution in [0.4, 0.5) is 0 Å². The molecule has 1 saturated heterocycles. The Bertz CT molecular complexity index is 1150. The average molecular weight is 534 g/mol. The number of hydrogen-bond donors (Lipinski definition) is 1. The summed E-state index contributed by atoms with van der Waals surface area (Å²) in [4.78, 5) is 29.5. The molecule has 0 bridgehead atoms. The van der Waals surface area contributed by atoms with Crippen molar-refractivity contribution in [2.24, 2.45) is 0 Å². The lowest BCUT2D eigenvalue weighted by atomic mass is 10.0. The van der Waals surface area contributed by atoms with E-state index in [9.17, 15) is 9.59 Å². The molecule has 0 spiro atoms. The zero-order chi connectivity index (χ0) is 26.6. The fourth-order valence-electron chi connectivity index (χ4n) is 4.50. The second-order valence-corrected chi connectivity index (χ2v) is 10.1. The number of piperazine rings is 1. The first kappa shape index (κ1) is 27.8. The van der Waals surface area contributed by atoms with Crippen molar-refractivity contribution in [3.05, 3.63) is 101 Å². The van der Waals surface area contributed by atoms with Crippen LogP contribution in [0.2, 0.25) is 5.02 Å². The summed E-state index contributed by atoms with van der Waals surface area (Å²) in [6.07, 6.45) is 3.23. The van der Waals surface area contributed by atoms with Crippen LogP contribution in [0.1, 0.15) is 40.7 Å². The van der Waals surface area contributed by atoms with Crippen LogP contribution in [-0.4, -0.2) is 67.4 Å². The summed E-state index contributed by atoms with van der Waals surface area (Å²) in [6.45, 7) is 6.66. The van der Waals surface area contributed by atoms with Gasteiger partial charge in [-0.3, -0.25) is 14.5 Å². The predicted molar refractivity (Wildman–Crippen MR) is 152 cm³/mol. The van der Waals surface area contributed by atoms with Gasteiger partial charge in [0.1, 0.15) is 5.75 Å². The molecule has 0 saturated carbocycles. The topological polar surface area (TPSA) is 61.9 Å². The summed E-state index contributed by atoms with van der Waals surface area (Å²) < 4.78 is 5.87. The van der Waals surface area contributed by atoms with Gasteiger partial charge in [-0.25, -0.2) is 0 Å². The molecule has 1 aliphatic rings. The van der Waals surface area contributed by atoms with Crippen LogP contribution < -0.4 is 10.1 Å². The molecule has 4 rings (SSSR count). The van der Waals surface area contributed by atoms with Crippen molar-refractivity contribution in [3.63, 3.8) is 0 Å². The van der Waals surface area contributed by atoms with E-state index in [0.717, 1.165) is 63.3 Å². The minimum Gasteiger partial charge on any atom is -0.494 e. The number of nitrogens with one attached hydrogen (secondary N) is 1. The molecule has 1 fully saturated rings. The lowest BCUT2D eigenvalue weighted by molar-refractivity contribution is -0.122. The fraction of sp³-hybridized carbons (Fsp3) is 0.355. The van der Waals surface area contributed by atoms with Crippen LogP contribution in [-0.2, 0) is 11.3 Å². The van der Waals surface area contributed by atoms with Crippen LogP contribution in [0.3, 0.4) is 0 Å². The lowest BCUT2D eigenvalue weighted by Crippen LogP contribution is -2.49. The van der Waals surface area contributed by atoms with Crippen molar-refractivity contribution in [1.82, 2.24) is 15.1 Å². The predicted octanol–water partition coefficient (Wildman–Crippen LogP) is 5.05. The number of halogens is 1. The Kier molecular flexibility index (Phi) is 10.7. The molecule has 3 aromatic rings. The molecule has 1 aliphatic heterocycles. The Balaban J connectivity index is 1.04. The van der Waals surface area contributed by atoms with Gasteiger partial charge in [-0.2, -0.15) is 0 Å². The fourth-order valence-corrected chi connectivity index (χ4v) is 4.63. The molecule has 200 valence electrons. The van der Waals surface area contributed by atoms with E-state index < -0.39 is 0 Å². The first-order valence-corrected chi connectivity index (χ1v) is 13.7. The molecule has 1 N–H and O–H groups in total. The number of nitrogens with zero attached hydrogens (tertiary/aromatic N) is 2. The van der Waals surface area contributed by atoms with Gasteiger partial charge in [-0.1, -0.05) is 41.9 Å². The molecular weight excluding hydrogens is 498 g/mol. The first-order chi connectivity index (χ1) is 18.6. The van der Waals surface area contributed by atoms with Gasteiger partial charge in [-0.05, 0) is 79.9 Å². The molecule has 0 radical (unpaired) electrons. The summed E-state index contributed by atoms with van der Waals surface area (Å²) >= 11 is 5.90. The molecule has 0 unspecified atom stereocenters. The third-order valence-corrected chi connectivity index (χ3v) is 7.03. The molecule has 38 heavy (non-hydrogen) atoms. The Hall–Kier alpha value is -3.19. The average Bonchev–Trinajstić information content (AvgIpc) is 2.95. The molecule has 0 atom stereocenters. The minimum absolute atomic E-state index is 0.0274. The van der Waals surface area contributed by atoms with E-state index in [1.165, 1.54) is 0 Å². The third kappa shape index (κ3) is 8.98. The van der Waals surface area contributed by atoms with Crippen molar-refractivity contribution < 1.29 is 14.3 Å². The smallest absolute Gasteiger partial charge is 0.234 e. The Morgan fingerprint density at radius 3 is 2.08 bits per heavy atom. The maximum Gasteiger partial charge on any atom is 0.234 e. The number of ketones is 1. The van der Waals surface area contributed by atoms with E-state index in [1.807, 2.05) is 42.5 Å². The maximum absolute atomic E-state index is 12.6. The van der Waals surface area contributed by atoms with Gasteiger partial charge in [-0.15, -0.1) is 0 Å². The molecule has 6 nitrogen and oxygen atoms in total. The van der Waals surface area contributed by atoms with Crippen LogP contribution in [0, 0.1) is 0 Å². The Labute approximate surface area is 230 Å². The molecule has 1 amide bonds. The number of rotatable bonds is 13. The second-order valence-electron chi connectivity index (χ2n) is 9.65. The van der Waals surface area contributed by atoms with E-state index >= 15 is 0 Å². The first-order valence-electron chi connectivity index (χ1n) is 13.4. The summed E-state index contributed by atoms with van der Waals surface area (Å²) in [6, 6.07) is 24.2. The van der Waals surface area contributed by atoms with E-state index in [1.54, 1.807) is 36.4 Å². The maximum atomic E-state index is 12.6. The highest BCUT2D eigenvalue weighted by atomic mass is 35.5. The van der Waals surface area contributed by atoms with Crippen molar-refractivity contribution in [2.45, 2.75) is 25.8 Å². The van der Waals surface area contributed by atoms with Crippen LogP contribution >= 0.6 is 11.6 Å².